The van der Waals surface area contributed by atoms with Crippen molar-refractivity contribution in [1.82, 2.24) is 0 Å². The van der Waals surface area contributed by atoms with Crippen LogP contribution in [-0.2, 0) is 0 Å². The fourth-order valence-electron chi connectivity index (χ4n) is 3.01. The highest BCUT2D eigenvalue weighted by molar-refractivity contribution is 7.60. The summed E-state index contributed by atoms with van der Waals surface area (Å²) in [5.74, 6) is 1.05. The molecular weight excluding hydrogens is 199 g/mol. The Hall–Kier alpha value is 0.430. The van der Waals surface area contributed by atoms with Gasteiger partial charge in [0.15, 0.2) is 0 Å². The summed E-state index contributed by atoms with van der Waals surface area (Å²) in [6.45, 7) is 14.7. The van der Waals surface area contributed by atoms with Crippen LogP contribution in [0, 0.1) is 5.92 Å². The number of hydrogen-bond acceptors (Lipinski definition) is 0. The third-order valence-corrected chi connectivity index (χ3v) is 7.66. The summed E-state index contributed by atoms with van der Waals surface area (Å²) in [6.07, 6.45) is 7.50. The van der Waals surface area contributed by atoms with Gasteiger partial charge in [-0.3, -0.25) is 0 Å². The Labute approximate surface area is 98.0 Å². The summed E-state index contributed by atoms with van der Waals surface area (Å²) < 4.78 is 0. The highest BCUT2D eigenvalue weighted by Crippen LogP contribution is 2.61. The van der Waals surface area contributed by atoms with Crippen LogP contribution in [0.5, 0.6) is 0 Å². The molecule has 0 saturated heterocycles. The second-order valence-electron chi connectivity index (χ2n) is 7.10. The molecule has 1 rings (SSSR count). The van der Waals surface area contributed by atoms with Crippen molar-refractivity contribution >= 4 is 7.92 Å². The molecule has 0 atom stereocenters. The van der Waals surface area contributed by atoms with E-state index in [0.717, 1.165) is 5.92 Å². The third-order valence-electron chi connectivity index (χ3n) is 3.54. The van der Waals surface area contributed by atoms with E-state index in [0.29, 0.717) is 10.3 Å². The van der Waals surface area contributed by atoms with Crippen LogP contribution in [-0.4, -0.2) is 16.5 Å². The molecule has 0 aromatic heterocycles. The van der Waals surface area contributed by atoms with E-state index in [1.165, 1.54) is 31.8 Å². The Kier molecular flexibility index (Phi) is 4.27. The van der Waals surface area contributed by atoms with E-state index < -0.39 is 0 Å². The Morgan fingerprint density at radius 3 is 1.60 bits per heavy atom. The van der Waals surface area contributed by atoms with Gasteiger partial charge in [-0.05, 0) is 22.4 Å². The largest absolute Gasteiger partial charge is 0.0954 e. The van der Waals surface area contributed by atoms with Crippen molar-refractivity contribution in [2.75, 3.05) is 6.16 Å². The van der Waals surface area contributed by atoms with Crippen molar-refractivity contribution in [2.45, 2.75) is 77.5 Å². The molecule has 1 heteroatoms. The predicted molar refractivity (Wildman–Crippen MR) is 73.3 cm³/mol. The van der Waals surface area contributed by atoms with Crippen molar-refractivity contribution in [3.8, 4) is 0 Å². The van der Waals surface area contributed by atoms with Crippen LogP contribution in [0.2, 0.25) is 0 Å². The maximum absolute atomic E-state index is 2.44. The van der Waals surface area contributed by atoms with Crippen molar-refractivity contribution in [2.24, 2.45) is 5.92 Å². The monoisotopic (exact) mass is 228 g/mol. The molecule has 1 fully saturated rings. The van der Waals surface area contributed by atoms with Crippen LogP contribution >= 0.6 is 7.92 Å². The molecule has 90 valence electrons. The van der Waals surface area contributed by atoms with Crippen LogP contribution in [0.4, 0.5) is 0 Å². The van der Waals surface area contributed by atoms with Gasteiger partial charge < -0.3 is 0 Å². The number of hydrogen-bond donors (Lipinski definition) is 0. The van der Waals surface area contributed by atoms with Gasteiger partial charge in [-0.1, -0.05) is 75.1 Å². The van der Waals surface area contributed by atoms with Gasteiger partial charge in [0.1, 0.15) is 0 Å². The minimum absolute atomic E-state index is 0.146. The van der Waals surface area contributed by atoms with Crippen LogP contribution in [0.25, 0.3) is 0 Å². The van der Waals surface area contributed by atoms with Gasteiger partial charge in [0, 0.05) is 0 Å². The van der Waals surface area contributed by atoms with Gasteiger partial charge in [0.25, 0.3) is 0 Å². The van der Waals surface area contributed by atoms with E-state index in [-0.39, 0.29) is 7.92 Å². The zero-order valence-electron chi connectivity index (χ0n) is 11.6. The van der Waals surface area contributed by atoms with Gasteiger partial charge >= 0.3 is 0 Å². The Morgan fingerprint density at radius 2 is 1.27 bits per heavy atom. The second kappa shape index (κ2) is 4.74. The molecule has 0 spiro atoms. The molecule has 0 amide bonds. The lowest BCUT2D eigenvalue weighted by molar-refractivity contribution is 0.597. The molecule has 1 aliphatic carbocycles. The molecule has 0 aliphatic heterocycles. The first kappa shape index (κ1) is 13.5. The average Bonchev–Trinajstić information content (AvgIpc) is 2.46. The lowest BCUT2D eigenvalue weighted by atomic mass is 10.1. The molecule has 0 heterocycles. The highest BCUT2D eigenvalue weighted by atomic mass is 31.1. The average molecular weight is 228 g/mol. The van der Waals surface area contributed by atoms with E-state index in [2.05, 4.69) is 41.5 Å². The first-order chi connectivity index (χ1) is 6.71. The van der Waals surface area contributed by atoms with E-state index in [1.54, 1.807) is 0 Å². The van der Waals surface area contributed by atoms with Crippen molar-refractivity contribution in [1.29, 1.82) is 0 Å². The maximum atomic E-state index is 2.44. The Bertz CT molecular complexity index is 174. The Balaban J connectivity index is 2.65. The van der Waals surface area contributed by atoms with Gasteiger partial charge in [-0.15, -0.1) is 0 Å². The molecule has 0 bridgehead atoms. The van der Waals surface area contributed by atoms with Crippen LogP contribution in [0.1, 0.15) is 67.2 Å². The molecule has 0 unspecified atom stereocenters. The van der Waals surface area contributed by atoms with Crippen LogP contribution < -0.4 is 0 Å². The lowest BCUT2D eigenvalue weighted by Gasteiger charge is -2.43. The molecule has 0 aromatic rings. The second-order valence-corrected chi connectivity index (χ2v) is 11.0. The molecule has 0 N–H and O–H groups in total. The van der Waals surface area contributed by atoms with E-state index in [9.17, 15) is 0 Å². The molecule has 0 radical (unpaired) electrons. The molecule has 15 heavy (non-hydrogen) atoms. The van der Waals surface area contributed by atoms with Crippen molar-refractivity contribution < 1.29 is 0 Å². The summed E-state index contributed by atoms with van der Waals surface area (Å²) in [5.41, 5.74) is 0. The summed E-state index contributed by atoms with van der Waals surface area (Å²) in [6, 6.07) is 0. The fourth-order valence-corrected chi connectivity index (χ4v) is 6.99. The summed E-state index contributed by atoms with van der Waals surface area (Å²) in [5, 5.41) is 1.05. The summed E-state index contributed by atoms with van der Waals surface area (Å²) in [4.78, 5) is 0. The Morgan fingerprint density at radius 1 is 0.867 bits per heavy atom. The maximum Gasteiger partial charge on any atom is -0.0175 e. The van der Waals surface area contributed by atoms with Gasteiger partial charge in [-0.25, -0.2) is 0 Å². The van der Waals surface area contributed by atoms with Gasteiger partial charge in [0.2, 0.25) is 0 Å². The van der Waals surface area contributed by atoms with Crippen LogP contribution in [0.3, 0.4) is 0 Å². The number of rotatable bonds is 2. The van der Waals surface area contributed by atoms with E-state index in [1.807, 2.05) is 0 Å². The minimum atomic E-state index is 0.146. The summed E-state index contributed by atoms with van der Waals surface area (Å²) in [7, 11) is 0.146. The van der Waals surface area contributed by atoms with Crippen molar-refractivity contribution in [3.05, 3.63) is 0 Å². The quantitative estimate of drug-likeness (QED) is 0.566. The van der Waals surface area contributed by atoms with E-state index in [4.69, 9.17) is 0 Å². The minimum Gasteiger partial charge on any atom is -0.0954 e. The standard InChI is InChI=1S/C14H29P/c1-13(2,3)15(14(4,5)6)11-12-9-7-8-10-12/h12H,7-11H2,1-6H3. The predicted octanol–water partition coefficient (Wildman–Crippen LogP) is 5.26. The zero-order valence-corrected chi connectivity index (χ0v) is 12.5. The van der Waals surface area contributed by atoms with Gasteiger partial charge in [-0.2, -0.15) is 0 Å². The topological polar surface area (TPSA) is 0 Å². The lowest BCUT2D eigenvalue weighted by Crippen LogP contribution is -2.28. The fraction of sp³-hybridized carbons (Fsp3) is 1.00. The summed E-state index contributed by atoms with van der Waals surface area (Å²) >= 11 is 0. The first-order valence-electron chi connectivity index (χ1n) is 6.49. The smallest absolute Gasteiger partial charge is 0.0175 e. The van der Waals surface area contributed by atoms with Crippen molar-refractivity contribution in [3.63, 3.8) is 0 Å². The zero-order chi connectivity index (χ0) is 11.7. The molecule has 0 aromatic carbocycles. The van der Waals surface area contributed by atoms with Gasteiger partial charge in [0.05, 0.1) is 0 Å². The highest BCUT2D eigenvalue weighted by Gasteiger charge is 2.36. The normalized spacial score (nSPS) is 20.2. The molecule has 1 aliphatic rings. The third kappa shape index (κ3) is 4.06. The SMILES string of the molecule is CC(C)(C)P(CC1CCCC1)C(C)(C)C. The molecule has 0 nitrogen and oxygen atoms in total. The van der Waals surface area contributed by atoms with Crippen LogP contribution in [0.15, 0.2) is 0 Å². The first-order valence-corrected chi connectivity index (χ1v) is 8.02. The molecule has 1 saturated carbocycles. The molecular formula is C14H29P. The van der Waals surface area contributed by atoms with E-state index >= 15 is 0 Å².